The first kappa shape index (κ1) is 5.70. The van der Waals surface area contributed by atoms with E-state index in [1.807, 2.05) is 6.42 Å². The van der Waals surface area contributed by atoms with Crippen LogP contribution in [-0.4, -0.2) is 13.6 Å². The van der Waals surface area contributed by atoms with Gasteiger partial charge in [0.2, 0.25) is 0 Å². The molecule has 0 unspecified atom stereocenters. The van der Waals surface area contributed by atoms with Gasteiger partial charge in [-0.25, -0.2) is 5.32 Å². The molecule has 2 radical (unpaired) electrons. The highest BCUT2D eigenvalue weighted by Gasteiger charge is 1.71. The van der Waals surface area contributed by atoms with Gasteiger partial charge in [0.25, 0.3) is 0 Å². The van der Waals surface area contributed by atoms with Crippen LogP contribution in [0.4, 0.5) is 0 Å². The van der Waals surface area contributed by atoms with Crippen LogP contribution >= 0.6 is 0 Å². The van der Waals surface area contributed by atoms with E-state index in [2.05, 4.69) is 11.9 Å². The molecule has 6 heavy (non-hydrogen) atoms. The quantitative estimate of drug-likeness (QED) is 0.444. The Labute approximate surface area is 39.1 Å². The molecule has 0 spiro atoms. The van der Waals surface area contributed by atoms with Crippen molar-refractivity contribution in [2.24, 2.45) is 0 Å². The Hall–Kier alpha value is -0.300. The molecule has 0 bridgehead atoms. The van der Waals surface area contributed by atoms with Gasteiger partial charge >= 0.3 is 0 Å². The van der Waals surface area contributed by atoms with Crippen molar-refractivity contribution in [3.05, 3.63) is 19.1 Å². The summed E-state index contributed by atoms with van der Waals surface area (Å²) < 4.78 is 0. The minimum absolute atomic E-state index is 0.795. The van der Waals surface area contributed by atoms with E-state index < -0.39 is 0 Å². The van der Waals surface area contributed by atoms with Crippen molar-refractivity contribution in [1.29, 1.82) is 0 Å². The first-order chi connectivity index (χ1) is 2.91. The summed E-state index contributed by atoms with van der Waals surface area (Å²) in [5.74, 6) is 0. The molecule has 0 aliphatic carbocycles. The van der Waals surface area contributed by atoms with Crippen molar-refractivity contribution >= 4 is 0 Å². The molecular weight excluding hydrogens is 74.1 g/mol. The van der Waals surface area contributed by atoms with Crippen molar-refractivity contribution in [3.63, 3.8) is 0 Å². The largest absolute Gasteiger partial charge is 0.244 e. The lowest BCUT2D eigenvalue weighted by Gasteiger charge is -1.83. The van der Waals surface area contributed by atoms with E-state index in [1.54, 1.807) is 13.1 Å². The van der Waals surface area contributed by atoms with Crippen LogP contribution in [0.3, 0.4) is 0 Å². The Morgan fingerprint density at radius 1 is 1.83 bits per heavy atom. The van der Waals surface area contributed by atoms with Crippen molar-refractivity contribution in [3.8, 4) is 0 Å². The Morgan fingerprint density at radius 2 is 2.50 bits per heavy atom. The monoisotopic (exact) mass is 83.1 g/mol. The first-order valence-electron chi connectivity index (χ1n) is 1.91. The molecule has 0 rings (SSSR count). The molecule has 0 N–H and O–H groups in total. The number of nitrogens with zero attached hydrogens (tertiary/aromatic N) is 1. The zero-order valence-corrected chi connectivity index (χ0v) is 4.02. The highest BCUT2D eigenvalue weighted by Crippen LogP contribution is 1.69. The van der Waals surface area contributed by atoms with Crippen molar-refractivity contribution in [2.45, 2.75) is 0 Å². The lowest BCUT2D eigenvalue weighted by Crippen LogP contribution is -1.96. The standard InChI is InChI=1S/C5H9N/c1-3-4-5-6-2/h3-4H,1,5H2,2H3. The average molecular weight is 83.1 g/mol. The second kappa shape index (κ2) is 4.70. The molecule has 0 heterocycles. The van der Waals surface area contributed by atoms with E-state index in [1.165, 1.54) is 0 Å². The first-order valence-corrected chi connectivity index (χ1v) is 1.91. The van der Waals surface area contributed by atoms with Crippen molar-refractivity contribution in [2.75, 3.05) is 13.6 Å². The molecule has 0 saturated heterocycles. The molecule has 34 valence electrons. The molecule has 0 amide bonds. The molecule has 0 aliphatic heterocycles. The van der Waals surface area contributed by atoms with Crippen LogP contribution in [0.1, 0.15) is 0 Å². The maximum absolute atomic E-state index is 3.80. The predicted octanol–water partition coefficient (Wildman–Crippen LogP) is 0.611. The van der Waals surface area contributed by atoms with Crippen LogP contribution in [-0.2, 0) is 0 Å². The lowest BCUT2D eigenvalue weighted by atomic mass is 10.4. The van der Waals surface area contributed by atoms with Gasteiger partial charge in [-0.2, -0.15) is 0 Å². The Balaban J connectivity index is 2.49. The van der Waals surface area contributed by atoms with E-state index in [4.69, 9.17) is 0 Å². The van der Waals surface area contributed by atoms with Crippen molar-refractivity contribution < 1.29 is 0 Å². The SMILES string of the molecule is C=C[CH]C[N]C. The summed E-state index contributed by atoms with van der Waals surface area (Å²) in [6.45, 7) is 4.28. The Bertz CT molecular complexity index is 32.9. The smallest absolute Gasteiger partial charge is 0.0199 e. The van der Waals surface area contributed by atoms with E-state index in [0.29, 0.717) is 0 Å². The summed E-state index contributed by atoms with van der Waals surface area (Å²) in [5.41, 5.74) is 0. The van der Waals surface area contributed by atoms with E-state index in [0.717, 1.165) is 6.54 Å². The van der Waals surface area contributed by atoms with Crippen molar-refractivity contribution in [1.82, 2.24) is 5.32 Å². The minimum Gasteiger partial charge on any atom is -0.244 e. The maximum atomic E-state index is 3.80. The minimum atomic E-state index is 0.795. The van der Waals surface area contributed by atoms with Gasteiger partial charge in [0, 0.05) is 13.6 Å². The zero-order chi connectivity index (χ0) is 4.83. The van der Waals surface area contributed by atoms with Gasteiger partial charge < -0.3 is 0 Å². The van der Waals surface area contributed by atoms with Crippen LogP contribution in [0.15, 0.2) is 12.7 Å². The summed E-state index contributed by atoms with van der Waals surface area (Å²) >= 11 is 0. The highest BCUT2D eigenvalue weighted by atomic mass is 14.8. The van der Waals surface area contributed by atoms with Gasteiger partial charge in [-0.05, 0) is 6.42 Å². The molecule has 0 saturated carbocycles. The fourth-order valence-corrected chi connectivity index (χ4v) is 0.180. The average Bonchev–Trinajstić information content (AvgIpc) is 1.61. The fraction of sp³-hybridized carbons (Fsp3) is 0.400. The van der Waals surface area contributed by atoms with Gasteiger partial charge in [-0.15, -0.1) is 6.58 Å². The third-order valence-corrected chi connectivity index (χ3v) is 0.455. The topological polar surface area (TPSA) is 14.1 Å². The van der Waals surface area contributed by atoms with Gasteiger partial charge in [-0.3, -0.25) is 0 Å². The number of rotatable bonds is 3. The van der Waals surface area contributed by atoms with Crippen LogP contribution in [0.25, 0.3) is 0 Å². The summed E-state index contributed by atoms with van der Waals surface area (Å²) in [6.07, 6.45) is 3.65. The summed E-state index contributed by atoms with van der Waals surface area (Å²) in [6, 6.07) is 0. The highest BCUT2D eigenvalue weighted by molar-refractivity contribution is 4.87. The molecule has 0 aromatic rings. The summed E-state index contributed by atoms with van der Waals surface area (Å²) in [4.78, 5) is 0. The molecule has 1 nitrogen and oxygen atoms in total. The van der Waals surface area contributed by atoms with E-state index >= 15 is 0 Å². The molecule has 0 aliphatic rings. The third-order valence-electron chi connectivity index (χ3n) is 0.455. The van der Waals surface area contributed by atoms with Gasteiger partial charge in [0.15, 0.2) is 0 Å². The van der Waals surface area contributed by atoms with Crippen LogP contribution in [0.5, 0.6) is 0 Å². The normalized spacial score (nSPS) is 8.17. The van der Waals surface area contributed by atoms with Crippen LogP contribution in [0.2, 0.25) is 0 Å². The molecule has 1 heteroatoms. The molecule has 0 aromatic carbocycles. The van der Waals surface area contributed by atoms with Crippen LogP contribution < -0.4 is 5.32 Å². The predicted molar refractivity (Wildman–Crippen MR) is 27.4 cm³/mol. The molecule has 0 fully saturated rings. The second-order valence-corrected chi connectivity index (χ2v) is 0.970. The number of hydrogen-bond acceptors (Lipinski definition) is 0. The maximum Gasteiger partial charge on any atom is 0.0199 e. The lowest BCUT2D eigenvalue weighted by molar-refractivity contribution is 0.873. The zero-order valence-electron chi connectivity index (χ0n) is 4.02. The fourth-order valence-electron chi connectivity index (χ4n) is 0.180. The third kappa shape index (κ3) is 3.70. The number of hydrogen-bond donors (Lipinski definition) is 0. The van der Waals surface area contributed by atoms with E-state index in [-0.39, 0.29) is 0 Å². The van der Waals surface area contributed by atoms with Gasteiger partial charge in [0.05, 0.1) is 0 Å². The van der Waals surface area contributed by atoms with Crippen LogP contribution in [0, 0.1) is 6.42 Å². The molecule has 0 atom stereocenters. The van der Waals surface area contributed by atoms with Gasteiger partial charge in [-0.1, -0.05) is 6.08 Å². The van der Waals surface area contributed by atoms with E-state index in [9.17, 15) is 0 Å². The molecular formula is C5H9N. The Kier molecular flexibility index (Phi) is 4.46. The summed E-state index contributed by atoms with van der Waals surface area (Å²) in [7, 11) is 1.78. The Morgan fingerprint density at radius 3 is 2.67 bits per heavy atom. The molecule has 0 aromatic heterocycles. The second-order valence-electron chi connectivity index (χ2n) is 0.970. The van der Waals surface area contributed by atoms with Gasteiger partial charge in [0.1, 0.15) is 0 Å². The summed E-state index contributed by atoms with van der Waals surface area (Å²) in [5, 5.41) is 3.80.